The number of rotatable bonds is 4. The molecule has 2 aromatic rings. The number of aromatic nitrogens is 2. The Bertz CT molecular complexity index is 857. The van der Waals surface area contributed by atoms with E-state index < -0.39 is 10.1 Å². The topological polar surface area (TPSA) is 69.2 Å². The zero-order valence-electron chi connectivity index (χ0n) is 14.7. The summed E-state index contributed by atoms with van der Waals surface area (Å²) < 4.78 is 29.4. The van der Waals surface area contributed by atoms with Crippen molar-refractivity contribution in [2.24, 2.45) is 0 Å². The summed E-state index contributed by atoms with van der Waals surface area (Å²) in [4.78, 5) is 8.93. The third kappa shape index (κ3) is 3.96. The minimum Gasteiger partial charge on any atom is -0.270 e. The first-order chi connectivity index (χ1) is 11.1. The molecule has 2 rings (SSSR count). The van der Waals surface area contributed by atoms with Crippen molar-refractivity contribution >= 4 is 21.9 Å². The molecule has 0 saturated carbocycles. The third-order valence-corrected chi connectivity index (χ3v) is 5.51. The Hall–Kier alpha value is -1.44. The van der Waals surface area contributed by atoms with Crippen LogP contribution in [0.25, 0.3) is 11.3 Å². The number of thioether (sulfide) groups is 1. The number of aryl methyl sites for hydroxylation is 1. The molecule has 0 aliphatic rings. The van der Waals surface area contributed by atoms with Crippen molar-refractivity contribution in [1.29, 1.82) is 0 Å². The molecule has 5 nitrogen and oxygen atoms in total. The lowest BCUT2D eigenvalue weighted by molar-refractivity contribution is 0.398. The van der Waals surface area contributed by atoms with E-state index in [1.54, 1.807) is 12.1 Å². The van der Waals surface area contributed by atoms with Crippen molar-refractivity contribution in [1.82, 2.24) is 9.97 Å². The summed E-state index contributed by atoms with van der Waals surface area (Å²) in [6.45, 7) is 8.10. The van der Waals surface area contributed by atoms with Gasteiger partial charge in [-0.25, -0.2) is 9.97 Å². The molecule has 130 valence electrons. The van der Waals surface area contributed by atoms with Crippen LogP contribution < -0.4 is 0 Å². The van der Waals surface area contributed by atoms with E-state index in [1.807, 2.05) is 25.3 Å². The van der Waals surface area contributed by atoms with Crippen molar-refractivity contribution < 1.29 is 12.6 Å². The monoisotopic (exact) mass is 366 g/mol. The molecule has 0 N–H and O–H groups in total. The normalized spacial score (nSPS) is 12.4. The van der Waals surface area contributed by atoms with Crippen molar-refractivity contribution in [3.05, 3.63) is 35.5 Å². The maximum Gasteiger partial charge on any atom is 0.297 e. The minimum atomic E-state index is -3.84. The van der Waals surface area contributed by atoms with Crippen LogP contribution in [0.15, 0.2) is 34.3 Å². The zero-order valence-corrected chi connectivity index (χ0v) is 16.4. The molecule has 0 saturated heterocycles. The van der Waals surface area contributed by atoms with Gasteiger partial charge in [0.25, 0.3) is 10.1 Å². The predicted octanol–water partition coefficient (Wildman–Crippen LogP) is 3.81. The van der Waals surface area contributed by atoms with E-state index >= 15 is 0 Å². The molecule has 1 aromatic carbocycles. The van der Waals surface area contributed by atoms with E-state index in [0.29, 0.717) is 16.4 Å². The van der Waals surface area contributed by atoms with E-state index in [0.717, 1.165) is 18.4 Å². The zero-order chi connectivity index (χ0) is 18.1. The SMILES string of the molecule is COS(=O)(=O)c1ccc(C(C)(C)C)cc1-c1cc(C)nc(SC)n1. The molecule has 0 radical (unpaired) electrons. The highest BCUT2D eigenvalue weighted by atomic mass is 32.2. The number of hydrogen-bond donors (Lipinski definition) is 0. The van der Waals surface area contributed by atoms with Gasteiger partial charge in [-0.05, 0) is 42.4 Å². The molecule has 0 aliphatic heterocycles. The third-order valence-electron chi connectivity index (χ3n) is 3.63. The first-order valence-corrected chi connectivity index (χ1v) is 10.1. The highest BCUT2D eigenvalue weighted by molar-refractivity contribution is 7.98. The summed E-state index contributed by atoms with van der Waals surface area (Å²) in [5.74, 6) is 0. The van der Waals surface area contributed by atoms with Crippen LogP contribution in [-0.2, 0) is 19.7 Å². The fourth-order valence-electron chi connectivity index (χ4n) is 2.28. The first kappa shape index (κ1) is 18.9. The summed E-state index contributed by atoms with van der Waals surface area (Å²) in [5, 5.41) is 0.604. The molecular weight excluding hydrogens is 344 g/mol. The van der Waals surface area contributed by atoms with Crippen molar-refractivity contribution in [2.75, 3.05) is 13.4 Å². The number of hydrogen-bond acceptors (Lipinski definition) is 6. The van der Waals surface area contributed by atoms with Gasteiger partial charge in [0.05, 0.1) is 12.8 Å². The fraction of sp³-hybridized carbons (Fsp3) is 0.412. The molecule has 0 bridgehead atoms. The highest BCUT2D eigenvalue weighted by Crippen LogP contribution is 2.33. The molecule has 7 heteroatoms. The van der Waals surface area contributed by atoms with Gasteiger partial charge in [0, 0.05) is 11.3 Å². The molecule has 24 heavy (non-hydrogen) atoms. The Morgan fingerprint density at radius 3 is 2.33 bits per heavy atom. The molecule has 1 aromatic heterocycles. The number of nitrogens with zero attached hydrogens (tertiary/aromatic N) is 2. The molecule has 0 unspecified atom stereocenters. The smallest absolute Gasteiger partial charge is 0.270 e. The number of benzene rings is 1. The Balaban J connectivity index is 2.80. The van der Waals surface area contributed by atoms with Gasteiger partial charge in [-0.15, -0.1) is 0 Å². The maximum atomic E-state index is 12.3. The summed E-state index contributed by atoms with van der Waals surface area (Å²) >= 11 is 1.42. The molecular formula is C17H22N2O3S2. The van der Waals surface area contributed by atoms with Gasteiger partial charge in [0.15, 0.2) is 5.16 Å². The van der Waals surface area contributed by atoms with Gasteiger partial charge < -0.3 is 0 Å². The Labute approximate surface area is 148 Å². The molecule has 0 fully saturated rings. The fourth-order valence-corrected chi connectivity index (χ4v) is 3.55. The lowest BCUT2D eigenvalue weighted by atomic mass is 9.86. The average Bonchev–Trinajstić information content (AvgIpc) is 2.52. The van der Waals surface area contributed by atoms with E-state index in [9.17, 15) is 8.42 Å². The standard InChI is InChI=1S/C17H22N2O3S2/c1-11-9-14(19-16(18-11)23-6)13-10-12(17(2,3)4)7-8-15(13)24(20,21)22-5/h7-10H,1-6H3. The maximum absolute atomic E-state index is 12.3. The molecule has 0 aliphatic carbocycles. The van der Waals surface area contributed by atoms with E-state index in [2.05, 4.69) is 30.7 Å². The highest BCUT2D eigenvalue weighted by Gasteiger charge is 2.23. The Kier molecular flexibility index (Phi) is 5.37. The second-order valence-corrected chi connectivity index (χ2v) is 8.92. The molecule has 1 heterocycles. The van der Waals surface area contributed by atoms with Crippen LogP contribution in [0.4, 0.5) is 0 Å². The largest absolute Gasteiger partial charge is 0.297 e. The predicted molar refractivity (Wildman–Crippen MR) is 96.9 cm³/mol. The van der Waals surface area contributed by atoms with Gasteiger partial charge >= 0.3 is 0 Å². The van der Waals surface area contributed by atoms with Crippen LogP contribution in [0, 0.1) is 6.92 Å². The van der Waals surface area contributed by atoms with Crippen LogP contribution in [0.3, 0.4) is 0 Å². The van der Waals surface area contributed by atoms with Gasteiger partial charge in [-0.3, -0.25) is 4.18 Å². The van der Waals surface area contributed by atoms with Gasteiger partial charge in [-0.2, -0.15) is 8.42 Å². The molecule has 0 atom stereocenters. The summed E-state index contributed by atoms with van der Waals surface area (Å²) in [6, 6.07) is 7.07. The molecule has 0 spiro atoms. The molecule has 0 amide bonds. The van der Waals surface area contributed by atoms with Crippen molar-refractivity contribution in [2.45, 2.75) is 43.2 Å². The van der Waals surface area contributed by atoms with Gasteiger partial charge in [-0.1, -0.05) is 38.6 Å². The minimum absolute atomic E-state index is 0.114. The quantitative estimate of drug-likeness (QED) is 0.466. The van der Waals surface area contributed by atoms with Gasteiger partial charge in [0.2, 0.25) is 0 Å². The summed E-state index contributed by atoms with van der Waals surface area (Å²) in [6.07, 6.45) is 1.89. The Morgan fingerprint density at radius 2 is 1.79 bits per heavy atom. The lowest BCUT2D eigenvalue weighted by Gasteiger charge is -2.21. The van der Waals surface area contributed by atoms with Crippen molar-refractivity contribution in [3.63, 3.8) is 0 Å². The lowest BCUT2D eigenvalue weighted by Crippen LogP contribution is -2.13. The van der Waals surface area contributed by atoms with Gasteiger partial charge in [0.1, 0.15) is 4.90 Å². The Morgan fingerprint density at radius 1 is 1.12 bits per heavy atom. The first-order valence-electron chi connectivity index (χ1n) is 7.43. The summed E-state index contributed by atoms with van der Waals surface area (Å²) in [5.41, 5.74) is 2.80. The van der Waals surface area contributed by atoms with Crippen LogP contribution in [0.5, 0.6) is 0 Å². The van der Waals surface area contributed by atoms with Crippen molar-refractivity contribution in [3.8, 4) is 11.3 Å². The van der Waals surface area contributed by atoms with E-state index in [-0.39, 0.29) is 10.3 Å². The van der Waals surface area contributed by atoms with Crippen LogP contribution in [-0.4, -0.2) is 31.8 Å². The summed E-state index contributed by atoms with van der Waals surface area (Å²) in [7, 11) is -2.68. The van der Waals surface area contributed by atoms with Crippen LogP contribution >= 0.6 is 11.8 Å². The van der Waals surface area contributed by atoms with Crippen LogP contribution in [0.2, 0.25) is 0 Å². The average molecular weight is 367 g/mol. The second-order valence-electron chi connectivity index (χ2n) is 6.46. The van der Waals surface area contributed by atoms with Crippen LogP contribution in [0.1, 0.15) is 32.0 Å². The van der Waals surface area contributed by atoms with E-state index in [1.165, 1.54) is 11.8 Å². The second kappa shape index (κ2) is 6.82. The van der Waals surface area contributed by atoms with E-state index in [4.69, 9.17) is 4.18 Å².